The van der Waals surface area contributed by atoms with E-state index in [-0.39, 0.29) is 24.2 Å². The number of aryl methyl sites for hydroxylation is 2. The third kappa shape index (κ3) is 4.35. The molecular formula is C22H22N4O2S. The van der Waals surface area contributed by atoms with Gasteiger partial charge in [-0.05, 0) is 43.3 Å². The summed E-state index contributed by atoms with van der Waals surface area (Å²) in [5, 5.41) is 3.84. The molecule has 2 aromatic carbocycles. The number of hydrogen-bond donors (Lipinski definition) is 1. The van der Waals surface area contributed by atoms with Crippen LogP contribution in [0.4, 0.5) is 11.4 Å². The molecule has 1 N–H and O–H groups in total. The molecule has 1 saturated heterocycles. The van der Waals surface area contributed by atoms with Crippen molar-refractivity contribution in [1.82, 2.24) is 9.55 Å². The van der Waals surface area contributed by atoms with Crippen molar-refractivity contribution in [3.63, 3.8) is 0 Å². The van der Waals surface area contributed by atoms with Crippen molar-refractivity contribution in [2.75, 3.05) is 16.8 Å². The summed E-state index contributed by atoms with van der Waals surface area (Å²) in [6.45, 7) is 2.41. The Balaban J connectivity index is 1.37. The highest BCUT2D eigenvalue weighted by molar-refractivity contribution is 7.99. The van der Waals surface area contributed by atoms with Crippen molar-refractivity contribution < 1.29 is 9.59 Å². The molecule has 29 heavy (non-hydrogen) atoms. The summed E-state index contributed by atoms with van der Waals surface area (Å²) in [5.74, 6) is -0.501. The second-order valence-electron chi connectivity index (χ2n) is 7.18. The molecule has 1 unspecified atom stereocenters. The largest absolute Gasteiger partial charge is 0.329 e. The highest BCUT2D eigenvalue weighted by atomic mass is 32.2. The van der Waals surface area contributed by atoms with Gasteiger partial charge in [0.1, 0.15) is 0 Å². The number of nitrogens with one attached hydrogen (secondary N) is 1. The molecule has 1 atom stereocenters. The predicted octanol–water partition coefficient (Wildman–Crippen LogP) is 3.87. The molecule has 2 amide bonds. The lowest BCUT2D eigenvalue weighted by Crippen LogP contribution is -2.28. The molecule has 0 radical (unpaired) electrons. The SMILES string of the molecule is Cc1ccc(N2CC(C(=O)Nc3ccc(Sc4nccn4C)cc3)CC2=O)cc1. The predicted molar refractivity (Wildman–Crippen MR) is 114 cm³/mol. The summed E-state index contributed by atoms with van der Waals surface area (Å²) in [5.41, 5.74) is 2.70. The number of benzene rings is 2. The summed E-state index contributed by atoms with van der Waals surface area (Å²) in [4.78, 5) is 32.1. The fourth-order valence-corrected chi connectivity index (χ4v) is 4.07. The van der Waals surface area contributed by atoms with Crippen LogP contribution in [-0.2, 0) is 16.6 Å². The van der Waals surface area contributed by atoms with Gasteiger partial charge in [-0.25, -0.2) is 4.98 Å². The summed E-state index contributed by atoms with van der Waals surface area (Å²) < 4.78 is 1.96. The zero-order valence-electron chi connectivity index (χ0n) is 16.3. The number of nitrogens with zero attached hydrogens (tertiary/aromatic N) is 3. The van der Waals surface area contributed by atoms with E-state index in [1.54, 1.807) is 22.9 Å². The minimum Gasteiger partial charge on any atom is -0.329 e. The van der Waals surface area contributed by atoms with Gasteiger partial charge >= 0.3 is 0 Å². The maximum absolute atomic E-state index is 12.7. The van der Waals surface area contributed by atoms with Gasteiger partial charge < -0.3 is 14.8 Å². The van der Waals surface area contributed by atoms with Crippen molar-refractivity contribution in [3.05, 3.63) is 66.5 Å². The summed E-state index contributed by atoms with van der Waals surface area (Å²) in [6.07, 6.45) is 3.90. The van der Waals surface area contributed by atoms with Gasteiger partial charge in [-0.15, -0.1) is 0 Å². The molecule has 2 heterocycles. The fourth-order valence-electron chi connectivity index (χ4n) is 3.26. The van der Waals surface area contributed by atoms with Gasteiger partial charge in [-0.1, -0.05) is 29.5 Å². The lowest BCUT2D eigenvalue weighted by molar-refractivity contribution is -0.122. The van der Waals surface area contributed by atoms with Crippen LogP contribution in [0.5, 0.6) is 0 Å². The van der Waals surface area contributed by atoms with E-state index in [9.17, 15) is 9.59 Å². The molecule has 0 spiro atoms. The van der Waals surface area contributed by atoms with Gasteiger partial charge in [0.05, 0.1) is 5.92 Å². The molecule has 0 bridgehead atoms. The molecule has 148 valence electrons. The van der Waals surface area contributed by atoms with Crippen LogP contribution in [0.25, 0.3) is 0 Å². The van der Waals surface area contributed by atoms with E-state index in [2.05, 4.69) is 10.3 Å². The van der Waals surface area contributed by atoms with Crippen LogP contribution >= 0.6 is 11.8 Å². The highest BCUT2D eigenvalue weighted by Crippen LogP contribution is 2.28. The molecule has 3 aromatic rings. The van der Waals surface area contributed by atoms with Crippen LogP contribution in [-0.4, -0.2) is 27.9 Å². The molecule has 1 aliphatic rings. The first kappa shape index (κ1) is 19.3. The smallest absolute Gasteiger partial charge is 0.229 e. The fraction of sp³-hybridized carbons (Fsp3) is 0.227. The van der Waals surface area contributed by atoms with Crippen LogP contribution in [0.2, 0.25) is 0 Å². The molecule has 6 nitrogen and oxygen atoms in total. The molecule has 1 fully saturated rings. The zero-order valence-corrected chi connectivity index (χ0v) is 17.1. The number of amides is 2. The van der Waals surface area contributed by atoms with E-state index in [1.807, 2.05) is 73.3 Å². The Morgan fingerprint density at radius 2 is 1.86 bits per heavy atom. The Bertz CT molecular complexity index is 1030. The van der Waals surface area contributed by atoms with Crippen molar-refractivity contribution >= 4 is 35.0 Å². The maximum atomic E-state index is 12.7. The van der Waals surface area contributed by atoms with Gasteiger partial charge in [0, 0.05) is 48.7 Å². The van der Waals surface area contributed by atoms with E-state index in [4.69, 9.17) is 0 Å². The van der Waals surface area contributed by atoms with Crippen LogP contribution in [0.3, 0.4) is 0 Å². The van der Waals surface area contributed by atoms with Crippen molar-refractivity contribution in [2.24, 2.45) is 13.0 Å². The van der Waals surface area contributed by atoms with Crippen LogP contribution < -0.4 is 10.2 Å². The molecular weight excluding hydrogens is 384 g/mol. The standard InChI is InChI=1S/C22H22N4O2S/c1-15-3-7-18(8-4-15)26-14-16(13-20(26)27)21(28)24-17-5-9-19(10-6-17)29-22-23-11-12-25(22)2/h3-12,16H,13-14H2,1-2H3,(H,24,28). The molecule has 1 aliphatic heterocycles. The second kappa shape index (κ2) is 8.13. The second-order valence-corrected chi connectivity index (χ2v) is 8.22. The number of rotatable bonds is 5. The van der Waals surface area contributed by atoms with Crippen LogP contribution in [0, 0.1) is 12.8 Å². The van der Waals surface area contributed by atoms with E-state index in [0.29, 0.717) is 6.54 Å². The summed E-state index contributed by atoms with van der Waals surface area (Å²) in [7, 11) is 1.95. The number of carbonyl (C=O) groups is 2. The highest BCUT2D eigenvalue weighted by Gasteiger charge is 2.35. The monoisotopic (exact) mass is 406 g/mol. The van der Waals surface area contributed by atoms with Gasteiger partial charge in [-0.3, -0.25) is 9.59 Å². The molecule has 4 rings (SSSR count). The molecule has 7 heteroatoms. The zero-order chi connectivity index (χ0) is 20.4. The van der Waals surface area contributed by atoms with Crippen molar-refractivity contribution in [3.8, 4) is 0 Å². The normalized spacial score (nSPS) is 16.3. The Hall–Kier alpha value is -3.06. The first-order valence-electron chi connectivity index (χ1n) is 9.43. The average molecular weight is 407 g/mol. The number of imidazole rings is 1. The van der Waals surface area contributed by atoms with E-state index < -0.39 is 0 Å². The van der Waals surface area contributed by atoms with E-state index in [1.165, 1.54) is 0 Å². The quantitative estimate of drug-likeness (QED) is 0.698. The minimum absolute atomic E-state index is 0.0178. The lowest BCUT2D eigenvalue weighted by atomic mass is 10.1. The van der Waals surface area contributed by atoms with E-state index >= 15 is 0 Å². The summed E-state index contributed by atoms with van der Waals surface area (Å²) in [6, 6.07) is 15.4. The van der Waals surface area contributed by atoms with Crippen LogP contribution in [0.1, 0.15) is 12.0 Å². The van der Waals surface area contributed by atoms with Gasteiger partial charge in [0.2, 0.25) is 11.8 Å². The molecule has 0 saturated carbocycles. The molecule has 0 aliphatic carbocycles. The van der Waals surface area contributed by atoms with Gasteiger partial charge in [0.15, 0.2) is 5.16 Å². The third-order valence-electron chi connectivity index (χ3n) is 4.95. The van der Waals surface area contributed by atoms with Gasteiger partial charge in [-0.2, -0.15) is 0 Å². The number of carbonyl (C=O) groups excluding carboxylic acids is 2. The third-order valence-corrected chi connectivity index (χ3v) is 6.03. The van der Waals surface area contributed by atoms with Crippen LogP contribution in [0.15, 0.2) is 71.0 Å². The Morgan fingerprint density at radius 1 is 1.14 bits per heavy atom. The average Bonchev–Trinajstić information content (AvgIpc) is 3.30. The first-order valence-corrected chi connectivity index (χ1v) is 10.2. The van der Waals surface area contributed by atoms with Crippen molar-refractivity contribution in [2.45, 2.75) is 23.4 Å². The number of aromatic nitrogens is 2. The Labute approximate surface area is 173 Å². The molecule has 1 aromatic heterocycles. The Kier molecular flexibility index (Phi) is 5.40. The number of hydrogen-bond acceptors (Lipinski definition) is 4. The van der Waals surface area contributed by atoms with E-state index in [0.717, 1.165) is 27.0 Å². The maximum Gasteiger partial charge on any atom is 0.229 e. The lowest BCUT2D eigenvalue weighted by Gasteiger charge is -2.17. The summed E-state index contributed by atoms with van der Waals surface area (Å²) >= 11 is 1.56. The van der Waals surface area contributed by atoms with Gasteiger partial charge in [0.25, 0.3) is 0 Å². The topological polar surface area (TPSA) is 67.2 Å². The van der Waals surface area contributed by atoms with Crippen molar-refractivity contribution in [1.29, 1.82) is 0 Å². The minimum atomic E-state index is -0.356. The number of anilines is 2. The Morgan fingerprint density at radius 3 is 2.52 bits per heavy atom. The first-order chi connectivity index (χ1) is 14.0.